The summed E-state index contributed by atoms with van der Waals surface area (Å²) in [5.74, 6) is 0.183. The monoisotopic (exact) mass is 354 g/mol. The van der Waals surface area contributed by atoms with Crippen molar-refractivity contribution in [2.45, 2.75) is 32.2 Å². The smallest absolute Gasteiger partial charge is 0.227 e. The predicted octanol–water partition coefficient (Wildman–Crippen LogP) is 3.42. The van der Waals surface area contributed by atoms with Gasteiger partial charge in [0.1, 0.15) is 5.82 Å². The van der Waals surface area contributed by atoms with Crippen molar-refractivity contribution in [3.05, 3.63) is 59.3 Å². The predicted molar refractivity (Wildman–Crippen MR) is 92.6 cm³/mol. The minimum absolute atomic E-state index is 0.0497. The lowest BCUT2D eigenvalue weighted by Gasteiger charge is -2.24. The van der Waals surface area contributed by atoms with Crippen molar-refractivity contribution in [3.8, 4) is 11.3 Å². The second-order valence-electron chi connectivity index (χ2n) is 6.54. The van der Waals surface area contributed by atoms with Crippen molar-refractivity contribution in [2.24, 2.45) is 0 Å². The molecule has 1 atom stereocenters. The molecule has 1 aliphatic heterocycles. The highest BCUT2D eigenvalue weighted by molar-refractivity contribution is 5.80. The third-order valence-electron chi connectivity index (χ3n) is 4.77. The lowest BCUT2D eigenvalue weighted by Crippen LogP contribution is -2.32. The Labute approximate surface area is 150 Å². The molecule has 26 heavy (non-hydrogen) atoms. The molecule has 6 nitrogen and oxygen atoms in total. The van der Waals surface area contributed by atoms with Crippen LogP contribution in [-0.2, 0) is 11.2 Å². The van der Waals surface area contributed by atoms with Gasteiger partial charge in [0, 0.05) is 12.6 Å². The number of amides is 1. The molecule has 0 unspecified atom stereocenters. The van der Waals surface area contributed by atoms with Crippen molar-refractivity contribution in [3.63, 3.8) is 0 Å². The molecule has 1 fully saturated rings. The Hall–Kier alpha value is -2.96. The van der Waals surface area contributed by atoms with Gasteiger partial charge in [-0.2, -0.15) is 5.10 Å². The van der Waals surface area contributed by atoms with Crippen LogP contribution in [0.25, 0.3) is 11.3 Å². The van der Waals surface area contributed by atoms with E-state index in [1.807, 2.05) is 13.0 Å². The Morgan fingerprint density at radius 2 is 2.27 bits per heavy atom. The van der Waals surface area contributed by atoms with Gasteiger partial charge < -0.3 is 9.42 Å². The molecule has 0 spiro atoms. The zero-order valence-electron chi connectivity index (χ0n) is 14.4. The fourth-order valence-corrected chi connectivity index (χ4v) is 3.51. The number of carbonyl (C=O) groups is 1. The van der Waals surface area contributed by atoms with E-state index < -0.39 is 0 Å². The number of nitrogens with one attached hydrogen (secondary N) is 1. The number of benzene rings is 1. The highest BCUT2D eigenvalue weighted by Gasteiger charge is 2.33. The number of halogens is 1. The molecule has 2 aromatic heterocycles. The van der Waals surface area contributed by atoms with E-state index in [0.717, 1.165) is 29.8 Å². The average molecular weight is 354 g/mol. The van der Waals surface area contributed by atoms with Gasteiger partial charge in [-0.15, -0.1) is 0 Å². The molecule has 3 aromatic rings. The van der Waals surface area contributed by atoms with Gasteiger partial charge >= 0.3 is 0 Å². The zero-order chi connectivity index (χ0) is 18.1. The summed E-state index contributed by atoms with van der Waals surface area (Å²) in [6.45, 7) is 2.50. The molecule has 7 heteroatoms. The summed E-state index contributed by atoms with van der Waals surface area (Å²) < 4.78 is 19.2. The van der Waals surface area contributed by atoms with Gasteiger partial charge in [0.05, 0.1) is 35.6 Å². The first-order chi connectivity index (χ1) is 12.6. The first-order valence-corrected chi connectivity index (χ1v) is 8.63. The van der Waals surface area contributed by atoms with Gasteiger partial charge in [-0.25, -0.2) is 4.39 Å². The van der Waals surface area contributed by atoms with Crippen LogP contribution in [0.4, 0.5) is 4.39 Å². The maximum absolute atomic E-state index is 13.9. The highest BCUT2D eigenvalue weighted by atomic mass is 19.1. The summed E-state index contributed by atoms with van der Waals surface area (Å²) >= 11 is 0. The van der Waals surface area contributed by atoms with Crippen LogP contribution in [0.5, 0.6) is 0 Å². The summed E-state index contributed by atoms with van der Waals surface area (Å²) in [5, 5.41) is 11.1. The van der Waals surface area contributed by atoms with E-state index in [1.165, 1.54) is 6.07 Å². The van der Waals surface area contributed by atoms with Gasteiger partial charge in [-0.3, -0.25) is 9.89 Å². The first-order valence-electron chi connectivity index (χ1n) is 8.63. The second-order valence-corrected chi connectivity index (χ2v) is 6.54. The Kier molecular flexibility index (Phi) is 4.28. The molecule has 0 aliphatic carbocycles. The van der Waals surface area contributed by atoms with E-state index in [2.05, 4.69) is 15.4 Å². The lowest BCUT2D eigenvalue weighted by molar-refractivity contribution is -0.131. The number of rotatable bonds is 4. The van der Waals surface area contributed by atoms with Crippen molar-refractivity contribution >= 4 is 5.91 Å². The standard InChI is InChI=1S/C19H19FN4O2/c1-12-9-17(26-23-12)14-11-21-22-19(14)16-7-4-8-24(16)18(25)10-13-5-2-3-6-15(13)20/h2-3,5-6,9,11,16H,4,7-8,10H2,1H3,(H,21,22)/t16-/m1/s1. The van der Waals surface area contributed by atoms with E-state index in [4.69, 9.17) is 4.52 Å². The number of nitrogens with zero attached hydrogens (tertiary/aromatic N) is 3. The summed E-state index contributed by atoms with van der Waals surface area (Å²) in [7, 11) is 0. The molecule has 1 N–H and O–H groups in total. The van der Waals surface area contributed by atoms with Crippen LogP contribution in [-0.4, -0.2) is 32.7 Å². The number of aromatic amines is 1. The van der Waals surface area contributed by atoms with Crippen LogP contribution in [0.3, 0.4) is 0 Å². The molecule has 3 heterocycles. The molecular weight excluding hydrogens is 335 g/mol. The molecular formula is C19H19FN4O2. The van der Waals surface area contributed by atoms with Crippen molar-refractivity contribution in [1.29, 1.82) is 0 Å². The Morgan fingerprint density at radius 1 is 1.42 bits per heavy atom. The van der Waals surface area contributed by atoms with Gasteiger partial charge in [0.25, 0.3) is 0 Å². The summed E-state index contributed by atoms with van der Waals surface area (Å²) in [5.41, 5.74) is 2.84. The third kappa shape index (κ3) is 3.00. The van der Waals surface area contributed by atoms with Crippen LogP contribution < -0.4 is 0 Å². The van der Waals surface area contributed by atoms with Crippen molar-refractivity contribution in [2.75, 3.05) is 6.54 Å². The second kappa shape index (κ2) is 6.74. The topological polar surface area (TPSA) is 75.0 Å². The quantitative estimate of drug-likeness (QED) is 0.779. The van der Waals surface area contributed by atoms with Gasteiger partial charge in [-0.05, 0) is 31.4 Å². The molecule has 1 saturated heterocycles. The number of carbonyl (C=O) groups excluding carboxylic acids is 1. The van der Waals surface area contributed by atoms with E-state index in [9.17, 15) is 9.18 Å². The van der Waals surface area contributed by atoms with Gasteiger partial charge in [-0.1, -0.05) is 23.4 Å². The lowest BCUT2D eigenvalue weighted by atomic mass is 10.0. The number of aryl methyl sites for hydroxylation is 1. The minimum Gasteiger partial charge on any atom is -0.356 e. The highest BCUT2D eigenvalue weighted by Crippen LogP contribution is 2.37. The van der Waals surface area contributed by atoms with Gasteiger partial charge in [0.2, 0.25) is 5.91 Å². The zero-order valence-corrected chi connectivity index (χ0v) is 14.4. The summed E-state index contributed by atoms with van der Waals surface area (Å²) in [6, 6.07) is 8.11. The average Bonchev–Trinajstić information content (AvgIpc) is 3.35. The van der Waals surface area contributed by atoms with E-state index in [1.54, 1.807) is 29.3 Å². The number of likely N-dealkylation sites (tertiary alicyclic amines) is 1. The minimum atomic E-state index is -0.351. The first kappa shape index (κ1) is 16.5. The van der Waals surface area contributed by atoms with E-state index >= 15 is 0 Å². The van der Waals surface area contributed by atoms with Crippen LogP contribution in [0, 0.1) is 12.7 Å². The van der Waals surface area contributed by atoms with E-state index in [0.29, 0.717) is 17.9 Å². The summed E-state index contributed by atoms with van der Waals surface area (Å²) in [6.07, 6.45) is 3.45. The number of aromatic nitrogens is 3. The SMILES string of the molecule is Cc1cc(-c2cn[nH]c2[C@H]2CCCN2C(=O)Cc2ccccc2F)on1. The molecule has 0 radical (unpaired) electrons. The Bertz CT molecular complexity index is 933. The molecule has 0 bridgehead atoms. The fourth-order valence-electron chi connectivity index (χ4n) is 3.51. The maximum Gasteiger partial charge on any atom is 0.227 e. The number of hydrogen-bond acceptors (Lipinski definition) is 4. The molecule has 1 aliphatic rings. The third-order valence-corrected chi connectivity index (χ3v) is 4.77. The van der Waals surface area contributed by atoms with Crippen molar-refractivity contribution in [1.82, 2.24) is 20.3 Å². The fraction of sp³-hybridized carbons (Fsp3) is 0.316. The van der Waals surface area contributed by atoms with Crippen LogP contribution in [0.15, 0.2) is 41.1 Å². The maximum atomic E-state index is 13.9. The normalized spacial score (nSPS) is 17.0. The molecule has 1 aromatic carbocycles. The number of H-pyrrole nitrogens is 1. The Morgan fingerprint density at radius 3 is 3.04 bits per heavy atom. The van der Waals surface area contributed by atoms with Crippen molar-refractivity contribution < 1.29 is 13.7 Å². The molecule has 0 saturated carbocycles. The molecule has 1 amide bonds. The largest absolute Gasteiger partial charge is 0.356 e. The van der Waals surface area contributed by atoms with E-state index in [-0.39, 0.29) is 24.2 Å². The van der Waals surface area contributed by atoms with Crippen LogP contribution >= 0.6 is 0 Å². The Balaban J connectivity index is 1.59. The number of hydrogen-bond donors (Lipinski definition) is 1. The molecule has 4 rings (SSSR count). The van der Waals surface area contributed by atoms with Crippen LogP contribution in [0.1, 0.15) is 35.8 Å². The van der Waals surface area contributed by atoms with Gasteiger partial charge in [0.15, 0.2) is 5.76 Å². The van der Waals surface area contributed by atoms with Crippen LogP contribution in [0.2, 0.25) is 0 Å². The summed E-state index contributed by atoms with van der Waals surface area (Å²) in [4.78, 5) is 14.6. The molecule has 134 valence electrons.